The zero-order chi connectivity index (χ0) is 13.1. The lowest BCUT2D eigenvalue weighted by Gasteiger charge is -1.98. The van der Waals surface area contributed by atoms with Crippen molar-refractivity contribution >= 4 is 28.8 Å². The fourth-order valence-electron chi connectivity index (χ4n) is 1.31. The number of rotatable bonds is 3. The molecule has 0 aromatic carbocycles. The molecule has 95 valence electrons. The van der Waals surface area contributed by atoms with E-state index in [4.69, 9.17) is 9.52 Å². The van der Waals surface area contributed by atoms with Gasteiger partial charge in [-0.15, -0.1) is 0 Å². The summed E-state index contributed by atoms with van der Waals surface area (Å²) in [5, 5.41) is 9.24. The highest BCUT2D eigenvalue weighted by Gasteiger charge is 2.24. The number of carboxylic acid groups (broad SMARTS) is 1. The number of hydrogen-bond donors (Lipinski definition) is 2. The van der Waals surface area contributed by atoms with Crippen LogP contribution in [0.2, 0.25) is 0 Å². The number of carbonyl (C=O) groups is 2. The van der Waals surface area contributed by atoms with Crippen LogP contribution in [0, 0.1) is 0 Å². The Balaban J connectivity index is 2.15. The minimum absolute atomic E-state index is 0.0780. The molecule has 1 aliphatic heterocycles. The summed E-state index contributed by atoms with van der Waals surface area (Å²) in [6, 6.07) is 0. The molecule has 1 unspecified atom stereocenters. The number of carboxylic acids is 1. The van der Waals surface area contributed by atoms with Gasteiger partial charge in [0.15, 0.2) is 0 Å². The van der Waals surface area contributed by atoms with Gasteiger partial charge in [-0.2, -0.15) is 15.8 Å². The Bertz CT molecular complexity index is 511. The minimum Gasteiger partial charge on any atom is -0.478 e. The van der Waals surface area contributed by atoms with Crippen molar-refractivity contribution in [3.63, 3.8) is 0 Å². The first-order chi connectivity index (χ1) is 8.61. The Hall–Kier alpha value is -1.80. The van der Waals surface area contributed by atoms with Crippen LogP contribution >= 0.6 is 11.8 Å². The van der Waals surface area contributed by atoms with Gasteiger partial charge in [0.2, 0.25) is 5.17 Å². The predicted molar refractivity (Wildman–Crippen MR) is 64.4 cm³/mol. The molecular weight excluding hydrogens is 258 g/mol. The molecule has 0 spiro atoms. The molecule has 1 saturated heterocycles. The number of thioether (sulfide) groups is 1. The van der Waals surface area contributed by atoms with Gasteiger partial charge >= 0.3 is 5.97 Å². The number of aliphatic imine (C=N–C) groups is 1. The molecule has 1 aromatic rings. The van der Waals surface area contributed by atoms with Crippen LogP contribution in [0.3, 0.4) is 0 Å². The van der Waals surface area contributed by atoms with Crippen LogP contribution in [0.4, 0.5) is 0 Å². The number of carbonyl (C=O) groups excluding carboxylic acids is 1. The normalized spacial score (nSPS) is 20.9. The standard InChI is InChI=1S/C10H10N3O4S/c1-2-7-12-13-10(18-7)11-8(14)5-3-17-4-6(5)9(15)16/h3-4,7,12H,2H2,1H3,(H,15,16). The van der Waals surface area contributed by atoms with Crippen molar-refractivity contribution in [2.45, 2.75) is 18.7 Å². The van der Waals surface area contributed by atoms with Crippen LogP contribution < -0.4 is 10.9 Å². The number of aromatic carboxylic acids is 1. The van der Waals surface area contributed by atoms with Gasteiger partial charge in [-0.05, 0) is 6.42 Å². The highest BCUT2D eigenvalue weighted by Crippen LogP contribution is 2.19. The van der Waals surface area contributed by atoms with E-state index < -0.39 is 11.9 Å². The lowest BCUT2D eigenvalue weighted by molar-refractivity contribution is 0.0692. The predicted octanol–water partition coefficient (Wildman–Crippen LogP) is 1.07. The van der Waals surface area contributed by atoms with Crippen LogP contribution in [0.25, 0.3) is 0 Å². The second-order valence-corrected chi connectivity index (χ2v) is 4.63. The molecule has 1 fully saturated rings. The van der Waals surface area contributed by atoms with E-state index in [1.807, 2.05) is 6.92 Å². The molecule has 1 atom stereocenters. The third kappa shape index (κ3) is 2.54. The second-order valence-electron chi connectivity index (χ2n) is 3.46. The first-order valence-corrected chi connectivity index (χ1v) is 6.05. The Kier molecular flexibility index (Phi) is 3.68. The summed E-state index contributed by atoms with van der Waals surface area (Å²) < 4.78 is 4.71. The van der Waals surface area contributed by atoms with Gasteiger partial charge in [0.05, 0.1) is 10.9 Å². The van der Waals surface area contributed by atoms with E-state index in [1.54, 1.807) is 0 Å². The Labute approximate surface area is 107 Å². The molecule has 2 heterocycles. The molecule has 7 nitrogen and oxygen atoms in total. The fourth-order valence-corrected chi connectivity index (χ4v) is 2.08. The van der Waals surface area contributed by atoms with Gasteiger partial charge in [-0.25, -0.2) is 4.79 Å². The zero-order valence-electron chi connectivity index (χ0n) is 9.41. The maximum atomic E-state index is 11.8. The Morgan fingerprint density at radius 2 is 2.28 bits per heavy atom. The summed E-state index contributed by atoms with van der Waals surface area (Å²) in [7, 11) is 0. The molecule has 0 saturated carbocycles. The van der Waals surface area contributed by atoms with E-state index in [-0.39, 0.29) is 16.5 Å². The summed E-state index contributed by atoms with van der Waals surface area (Å²) in [5.41, 5.74) is 6.41. The van der Waals surface area contributed by atoms with Crippen molar-refractivity contribution in [3.05, 3.63) is 23.7 Å². The molecule has 1 aromatic heterocycles. The van der Waals surface area contributed by atoms with Gasteiger partial charge in [-0.3, -0.25) is 4.79 Å². The number of amides is 1. The second kappa shape index (κ2) is 5.23. The molecule has 0 aliphatic carbocycles. The van der Waals surface area contributed by atoms with Crippen LogP contribution in [-0.4, -0.2) is 27.5 Å². The monoisotopic (exact) mass is 268 g/mol. The molecule has 1 amide bonds. The lowest BCUT2D eigenvalue weighted by atomic mass is 10.2. The van der Waals surface area contributed by atoms with Crippen molar-refractivity contribution in [2.75, 3.05) is 0 Å². The summed E-state index contributed by atoms with van der Waals surface area (Å²) in [6.07, 6.45) is 2.91. The minimum atomic E-state index is -1.23. The molecule has 2 N–H and O–H groups in total. The first kappa shape index (κ1) is 12.7. The highest BCUT2D eigenvalue weighted by molar-refractivity contribution is 8.14. The first-order valence-electron chi connectivity index (χ1n) is 5.17. The van der Waals surface area contributed by atoms with E-state index in [0.717, 1.165) is 18.9 Å². The average molecular weight is 268 g/mol. The fraction of sp³-hybridized carbons (Fsp3) is 0.300. The SMILES string of the molecule is CCC1N[N]C(=NC(=O)c2cocc2C(=O)O)S1. The van der Waals surface area contributed by atoms with Crippen molar-refractivity contribution < 1.29 is 19.1 Å². The van der Waals surface area contributed by atoms with Gasteiger partial charge in [0.25, 0.3) is 5.91 Å². The molecule has 2 rings (SSSR count). The van der Waals surface area contributed by atoms with Crippen LogP contribution in [0.5, 0.6) is 0 Å². The summed E-state index contributed by atoms with van der Waals surface area (Å²) in [6.45, 7) is 1.98. The summed E-state index contributed by atoms with van der Waals surface area (Å²) in [5.74, 6) is -1.90. The largest absolute Gasteiger partial charge is 0.478 e. The number of furan rings is 1. The van der Waals surface area contributed by atoms with Crippen molar-refractivity contribution in [2.24, 2.45) is 4.99 Å². The molecule has 1 radical (unpaired) electrons. The maximum Gasteiger partial charge on any atom is 0.339 e. The summed E-state index contributed by atoms with van der Waals surface area (Å²) >= 11 is 1.32. The third-order valence-corrected chi connectivity index (χ3v) is 3.36. The van der Waals surface area contributed by atoms with E-state index in [0.29, 0.717) is 5.17 Å². The number of nitrogens with zero attached hydrogens (tertiary/aromatic N) is 2. The van der Waals surface area contributed by atoms with Gasteiger partial charge in [0, 0.05) is 0 Å². The highest BCUT2D eigenvalue weighted by atomic mass is 32.2. The number of amidine groups is 1. The Morgan fingerprint density at radius 3 is 2.89 bits per heavy atom. The molecule has 8 heteroatoms. The smallest absolute Gasteiger partial charge is 0.339 e. The lowest BCUT2D eigenvalue weighted by Crippen LogP contribution is -2.24. The van der Waals surface area contributed by atoms with Crippen molar-refractivity contribution in [1.29, 1.82) is 0 Å². The number of nitrogens with one attached hydrogen (secondary N) is 1. The van der Waals surface area contributed by atoms with Crippen LogP contribution in [0.15, 0.2) is 21.9 Å². The number of hydrogen-bond acceptors (Lipinski definition) is 5. The maximum absolute atomic E-state index is 11.8. The molecule has 1 aliphatic rings. The van der Waals surface area contributed by atoms with E-state index in [9.17, 15) is 9.59 Å². The Morgan fingerprint density at radius 1 is 1.56 bits per heavy atom. The molecule has 0 bridgehead atoms. The van der Waals surface area contributed by atoms with Crippen LogP contribution in [-0.2, 0) is 0 Å². The van der Waals surface area contributed by atoms with E-state index in [2.05, 4.69) is 15.8 Å². The molecule has 18 heavy (non-hydrogen) atoms. The van der Waals surface area contributed by atoms with Crippen LogP contribution in [0.1, 0.15) is 34.1 Å². The van der Waals surface area contributed by atoms with E-state index >= 15 is 0 Å². The molecular formula is C10H10N3O4S. The zero-order valence-corrected chi connectivity index (χ0v) is 10.2. The topological polar surface area (TPSA) is 106 Å². The van der Waals surface area contributed by atoms with Crippen molar-refractivity contribution in [3.8, 4) is 0 Å². The van der Waals surface area contributed by atoms with E-state index in [1.165, 1.54) is 11.8 Å². The van der Waals surface area contributed by atoms with Gasteiger partial charge < -0.3 is 9.52 Å². The van der Waals surface area contributed by atoms with Crippen molar-refractivity contribution in [1.82, 2.24) is 10.9 Å². The average Bonchev–Trinajstić information content (AvgIpc) is 2.96. The van der Waals surface area contributed by atoms with Gasteiger partial charge in [-0.1, -0.05) is 18.7 Å². The third-order valence-electron chi connectivity index (χ3n) is 2.24. The van der Waals surface area contributed by atoms with Gasteiger partial charge in [0.1, 0.15) is 18.1 Å². The quantitative estimate of drug-likeness (QED) is 0.849. The summed E-state index contributed by atoms with van der Waals surface area (Å²) in [4.78, 5) is 26.3.